The van der Waals surface area contributed by atoms with Crippen molar-refractivity contribution in [1.82, 2.24) is 20.1 Å². The summed E-state index contributed by atoms with van der Waals surface area (Å²) in [5.74, 6) is 0.129. The van der Waals surface area contributed by atoms with Gasteiger partial charge in [-0.05, 0) is 38.9 Å². The van der Waals surface area contributed by atoms with Gasteiger partial charge in [0.05, 0.1) is 11.3 Å². The summed E-state index contributed by atoms with van der Waals surface area (Å²) in [7, 11) is 0. The number of aromatic nitrogens is 1. The summed E-state index contributed by atoms with van der Waals surface area (Å²) in [6.45, 7) is 9.70. The van der Waals surface area contributed by atoms with E-state index >= 15 is 0 Å². The Morgan fingerprint density at radius 2 is 1.87 bits per heavy atom. The first-order chi connectivity index (χ1) is 10.1. The third-order valence-corrected chi connectivity index (χ3v) is 4.61. The minimum Gasteiger partial charge on any atom is -0.336 e. The third kappa shape index (κ3) is 4.57. The first kappa shape index (κ1) is 20.2. The van der Waals surface area contributed by atoms with E-state index in [9.17, 15) is 4.79 Å². The van der Waals surface area contributed by atoms with E-state index in [1.165, 1.54) is 6.42 Å². The summed E-state index contributed by atoms with van der Waals surface area (Å²) in [6, 6.07) is 4.48. The van der Waals surface area contributed by atoms with Gasteiger partial charge in [-0.15, -0.1) is 24.8 Å². The molecule has 2 aliphatic rings. The molecular formula is C16H26Cl2N4O. The number of rotatable bonds is 2. The van der Waals surface area contributed by atoms with Crippen LogP contribution in [0.25, 0.3) is 0 Å². The van der Waals surface area contributed by atoms with E-state index in [1.807, 2.05) is 30.9 Å². The number of carbonyl (C=O) groups excluding carboxylic acids is 1. The molecule has 5 nitrogen and oxygen atoms in total. The van der Waals surface area contributed by atoms with Gasteiger partial charge in [0.2, 0.25) is 0 Å². The van der Waals surface area contributed by atoms with Crippen molar-refractivity contribution in [3.63, 3.8) is 0 Å². The van der Waals surface area contributed by atoms with Crippen molar-refractivity contribution in [2.45, 2.75) is 26.3 Å². The molecule has 1 aromatic rings. The highest BCUT2D eigenvalue weighted by atomic mass is 35.5. The van der Waals surface area contributed by atoms with Crippen LogP contribution in [0.1, 0.15) is 28.2 Å². The lowest BCUT2D eigenvalue weighted by atomic mass is 10.1. The Labute approximate surface area is 150 Å². The second-order valence-corrected chi connectivity index (χ2v) is 6.06. The molecule has 0 aliphatic carbocycles. The van der Waals surface area contributed by atoms with Gasteiger partial charge in [-0.1, -0.05) is 0 Å². The van der Waals surface area contributed by atoms with Gasteiger partial charge in [0.1, 0.15) is 0 Å². The summed E-state index contributed by atoms with van der Waals surface area (Å²) in [5, 5.41) is 3.41. The Bertz CT molecular complexity index is 527. The highest BCUT2D eigenvalue weighted by Crippen LogP contribution is 2.15. The summed E-state index contributed by atoms with van der Waals surface area (Å²) in [6.07, 6.45) is 1.23. The minimum absolute atomic E-state index is 0. The predicted octanol–water partition coefficient (Wildman–Crippen LogP) is 1.66. The van der Waals surface area contributed by atoms with Crippen LogP contribution >= 0.6 is 24.8 Å². The number of piperazine rings is 1. The quantitative estimate of drug-likeness (QED) is 0.871. The maximum atomic E-state index is 12.6. The summed E-state index contributed by atoms with van der Waals surface area (Å²) in [5.41, 5.74) is 2.54. The number of nitrogens with one attached hydrogen (secondary N) is 1. The Hall–Kier alpha value is -0.880. The maximum absolute atomic E-state index is 12.6. The molecule has 7 heteroatoms. The lowest BCUT2D eigenvalue weighted by molar-refractivity contribution is 0.0582. The lowest BCUT2D eigenvalue weighted by Gasteiger charge is -2.37. The zero-order valence-electron chi connectivity index (χ0n) is 13.7. The van der Waals surface area contributed by atoms with Gasteiger partial charge in [0.25, 0.3) is 5.91 Å². The van der Waals surface area contributed by atoms with Crippen LogP contribution in [0.3, 0.4) is 0 Å². The van der Waals surface area contributed by atoms with E-state index in [0.29, 0.717) is 6.04 Å². The van der Waals surface area contributed by atoms with Crippen LogP contribution in [0.2, 0.25) is 0 Å². The van der Waals surface area contributed by atoms with Crippen LogP contribution in [0.15, 0.2) is 12.1 Å². The number of nitrogens with zero attached hydrogens (tertiary/aromatic N) is 3. The van der Waals surface area contributed by atoms with Gasteiger partial charge in [-0.25, -0.2) is 0 Å². The first-order valence-electron chi connectivity index (χ1n) is 7.83. The number of pyridine rings is 1. The fourth-order valence-corrected chi connectivity index (χ4v) is 3.32. The molecule has 0 saturated carbocycles. The van der Waals surface area contributed by atoms with E-state index in [4.69, 9.17) is 0 Å². The van der Waals surface area contributed by atoms with Crippen molar-refractivity contribution < 1.29 is 4.79 Å². The molecular weight excluding hydrogens is 335 g/mol. The molecule has 23 heavy (non-hydrogen) atoms. The van der Waals surface area contributed by atoms with Gasteiger partial charge < -0.3 is 10.2 Å². The molecule has 1 unspecified atom stereocenters. The number of carbonyl (C=O) groups is 1. The van der Waals surface area contributed by atoms with E-state index in [0.717, 1.165) is 56.2 Å². The second-order valence-electron chi connectivity index (χ2n) is 6.06. The van der Waals surface area contributed by atoms with Crippen molar-refractivity contribution in [2.24, 2.45) is 0 Å². The summed E-state index contributed by atoms with van der Waals surface area (Å²) >= 11 is 0. The van der Waals surface area contributed by atoms with E-state index < -0.39 is 0 Å². The standard InChI is InChI=1S/C16H24N4O.2ClH/c1-12-3-4-15(13(2)18-12)16(21)20-9-7-19(8-10-20)14-5-6-17-11-14;;/h3-4,14,17H,5-11H2,1-2H3;2*1H. The highest BCUT2D eigenvalue weighted by Gasteiger charge is 2.28. The molecule has 3 heterocycles. The van der Waals surface area contributed by atoms with Crippen LogP contribution in [0.5, 0.6) is 0 Å². The molecule has 2 saturated heterocycles. The number of aryl methyl sites for hydroxylation is 2. The molecule has 1 N–H and O–H groups in total. The van der Waals surface area contributed by atoms with Gasteiger partial charge in [-0.2, -0.15) is 0 Å². The molecule has 1 aromatic heterocycles. The van der Waals surface area contributed by atoms with Crippen molar-refractivity contribution >= 4 is 30.7 Å². The van der Waals surface area contributed by atoms with Crippen molar-refractivity contribution in [2.75, 3.05) is 39.3 Å². The predicted molar refractivity (Wildman–Crippen MR) is 97.0 cm³/mol. The van der Waals surface area contributed by atoms with Gasteiger partial charge in [-0.3, -0.25) is 14.7 Å². The van der Waals surface area contributed by atoms with Gasteiger partial charge >= 0.3 is 0 Å². The van der Waals surface area contributed by atoms with E-state index in [2.05, 4.69) is 15.2 Å². The molecule has 2 aliphatic heterocycles. The van der Waals surface area contributed by atoms with E-state index in [1.54, 1.807) is 0 Å². The Morgan fingerprint density at radius 3 is 2.43 bits per heavy atom. The molecule has 0 bridgehead atoms. The number of amides is 1. The average Bonchev–Trinajstić information content (AvgIpc) is 3.01. The number of halogens is 2. The molecule has 0 aromatic carbocycles. The zero-order valence-corrected chi connectivity index (χ0v) is 15.4. The Balaban J connectivity index is 0.00000132. The SMILES string of the molecule is Cc1ccc(C(=O)N2CCN(C3CCNC3)CC2)c(C)n1.Cl.Cl. The number of hydrogen-bond donors (Lipinski definition) is 1. The topological polar surface area (TPSA) is 48.5 Å². The second kappa shape index (κ2) is 8.83. The monoisotopic (exact) mass is 360 g/mol. The largest absolute Gasteiger partial charge is 0.336 e. The van der Waals surface area contributed by atoms with Crippen LogP contribution < -0.4 is 5.32 Å². The fourth-order valence-electron chi connectivity index (χ4n) is 3.32. The summed E-state index contributed by atoms with van der Waals surface area (Å²) in [4.78, 5) is 21.5. The van der Waals surface area contributed by atoms with E-state index in [-0.39, 0.29) is 30.7 Å². The molecule has 2 fully saturated rings. The lowest BCUT2D eigenvalue weighted by Crippen LogP contribution is -2.52. The molecule has 130 valence electrons. The average molecular weight is 361 g/mol. The van der Waals surface area contributed by atoms with Crippen molar-refractivity contribution in [1.29, 1.82) is 0 Å². The Kier molecular flexibility index (Phi) is 7.74. The van der Waals surface area contributed by atoms with Gasteiger partial charge in [0, 0.05) is 44.5 Å². The van der Waals surface area contributed by atoms with Crippen LogP contribution in [0.4, 0.5) is 0 Å². The van der Waals surface area contributed by atoms with Gasteiger partial charge in [0.15, 0.2) is 0 Å². The number of hydrogen-bond acceptors (Lipinski definition) is 4. The third-order valence-electron chi connectivity index (χ3n) is 4.61. The highest BCUT2D eigenvalue weighted by molar-refractivity contribution is 5.95. The Morgan fingerprint density at radius 1 is 1.17 bits per heavy atom. The smallest absolute Gasteiger partial charge is 0.255 e. The minimum atomic E-state index is 0. The first-order valence-corrected chi connectivity index (χ1v) is 7.83. The maximum Gasteiger partial charge on any atom is 0.255 e. The normalized spacial score (nSPS) is 21.5. The van der Waals surface area contributed by atoms with Crippen LogP contribution in [0, 0.1) is 13.8 Å². The van der Waals surface area contributed by atoms with Crippen molar-refractivity contribution in [3.05, 3.63) is 29.1 Å². The zero-order chi connectivity index (χ0) is 14.8. The molecule has 1 amide bonds. The molecule has 0 spiro atoms. The summed E-state index contributed by atoms with van der Waals surface area (Å²) < 4.78 is 0. The van der Waals surface area contributed by atoms with Crippen LogP contribution in [-0.4, -0.2) is 66.0 Å². The molecule has 1 atom stereocenters. The van der Waals surface area contributed by atoms with Crippen LogP contribution in [-0.2, 0) is 0 Å². The fraction of sp³-hybridized carbons (Fsp3) is 0.625. The van der Waals surface area contributed by atoms with Crippen molar-refractivity contribution in [3.8, 4) is 0 Å². The molecule has 3 rings (SSSR count). The molecule has 0 radical (unpaired) electrons.